The lowest BCUT2D eigenvalue weighted by Crippen LogP contribution is -2.28. The molecule has 0 aromatic rings. The molecule has 0 saturated carbocycles. The van der Waals surface area contributed by atoms with E-state index in [4.69, 9.17) is 9.47 Å². The van der Waals surface area contributed by atoms with Crippen LogP contribution in [0.1, 0.15) is 284 Å². The Morgan fingerprint density at radius 3 is 0.964 bits per heavy atom. The summed E-state index contributed by atoms with van der Waals surface area (Å²) in [4.78, 5) is 24.4. The SMILES string of the molecule is CCCCCCCC/C=C\CCCCCCCCCCCCCC(=O)OC[C@H](CO)OC(=O)CCCCCCCCCCCCCCCCCCCCCCC. The third kappa shape index (κ3) is 45.3. The van der Waals surface area contributed by atoms with Crippen molar-refractivity contribution in [2.75, 3.05) is 13.2 Å². The molecule has 0 aliphatic rings. The largest absolute Gasteiger partial charge is 0.462 e. The lowest BCUT2D eigenvalue weighted by atomic mass is 10.0. The van der Waals surface area contributed by atoms with E-state index in [2.05, 4.69) is 26.0 Å². The number of carbonyl (C=O) groups excluding carboxylic acids is 2. The van der Waals surface area contributed by atoms with Crippen molar-refractivity contribution in [1.29, 1.82) is 0 Å². The van der Waals surface area contributed by atoms with E-state index in [1.807, 2.05) is 0 Å². The Kier molecular flexibility index (Phi) is 46.8. The van der Waals surface area contributed by atoms with Crippen LogP contribution in [0.3, 0.4) is 0 Å². The molecule has 0 aromatic carbocycles. The number of ether oxygens (including phenoxy) is 2. The monoisotopic (exact) mass is 791 g/mol. The normalized spacial score (nSPS) is 12.1. The summed E-state index contributed by atoms with van der Waals surface area (Å²) in [5, 5.41) is 9.62. The summed E-state index contributed by atoms with van der Waals surface area (Å²) in [7, 11) is 0. The summed E-state index contributed by atoms with van der Waals surface area (Å²) < 4.78 is 10.7. The second-order valence-electron chi connectivity index (χ2n) is 17.3. The minimum atomic E-state index is -0.766. The van der Waals surface area contributed by atoms with Crippen LogP contribution < -0.4 is 0 Å². The number of esters is 2. The first-order valence-corrected chi connectivity index (χ1v) is 25.2. The van der Waals surface area contributed by atoms with Gasteiger partial charge in [0, 0.05) is 12.8 Å². The molecule has 0 bridgehead atoms. The van der Waals surface area contributed by atoms with Crippen molar-refractivity contribution in [2.45, 2.75) is 290 Å². The number of unbranched alkanes of at least 4 members (excludes halogenated alkanes) is 37. The third-order valence-electron chi connectivity index (χ3n) is 11.6. The van der Waals surface area contributed by atoms with E-state index in [1.165, 1.54) is 218 Å². The summed E-state index contributed by atoms with van der Waals surface area (Å²) in [5.41, 5.74) is 0. The topological polar surface area (TPSA) is 72.8 Å². The molecule has 1 N–H and O–H groups in total. The third-order valence-corrected chi connectivity index (χ3v) is 11.6. The molecule has 5 nitrogen and oxygen atoms in total. The van der Waals surface area contributed by atoms with Gasteiger partial charge in [0.2, 0.25) is 0 Å². The van der Waals surface area contributed by atoms with Crippen LogP contribution in [-0.2, 0) is 19.1 Å². The van der Waals surface area contributed by atoms with Gasteiger partial charge < -0.3 is 14.6 Å². The van der Waals surface area contributed by atoms with Gasteiger partial charge in [-0.15, -0.1) is 0 Å². The molecular weight excluding hydrogens is 693 g/mol. The van der Waals surface area contributed by atoms with E-state index < -0.39 is 6.10 Å². The molecule has 0 radical (unpaired) electrons. The predicted octanol–water partition coefficient (Wildman–Crippen LogP) is 16.4. The Balaban J connectivity index is 3.44. The second kappa shape index (κ2) is 48.0. The van der Waals surface area contributed by atoms with Crippen LogP contribution in [0.25, 0.3) is 0 Å². The fourth-order valence-electron chi connectivity index (χ4n) is 7.73. The molecule has 0 rings (SSSR count). The number of hydrogen-bond donors (Lipinski definition) is 1. The van der Waals surface area contributed by atoms with Gasteiger partial charge in [-0.3, -0.25) is 9.59 Å². The van der Waals surface area contributed by atoms with E-state index in [-0.39, 0.29) is 25.2 Å². The van der Waals surface area contributed by atoms with Crippen LogP contribution in [0, 0.1) is 0 Å². The van der Waals surface area contributed by atoms with E-state index in [1.54, 1.807) is 0 Å². The van der Waals surface area contributed by atoms with Crippen molar-refractivity contribution in [3.8, 4) is 0 Å². The molecule has 0 aliphatic carbocycles. The molecular formula is C51H98O5. The second-order valence-corrected chi connectivity index (χ2v) is 17.3. The highest BCUT2D eigenvalue weighted by atomic mass is 16.6. The van der Waals surface area contributed by atoms with Gasteiger partial charge in [0.25, 0.3) is 0 Å². The number of aliphatic hydroxyl groups excluding tert-OH is 1. The van der Waals surface area contributed by atoms with Crippen molar-refractivity contribution < 1.29 is 24.2 Å². The lowest BCUT2D eigenvalue weighted by Gasteiger charge is -2.15. The van der Waals surface area contributed by atoms with Gasteiger partial charge in [0.15, 0.2) is 6.10 Å². The molecule has 1 atom stereocenters. The molecule has 0 amide bonds. The van der Waals surface area contributed by atoms with Crippen LogP contribution in [-0.4, -0.2) is 36.4 Å². The molecule has 5 heteroatoms. The fraction of sp³-hybridized carbons (Fsp3) is 0.922. The minimum absolute atomic E-state index is 0.0592. The zero-order valence-electron chi connectivity index (χ0n) is 37.9. The van der Waals surface area contributed by atoms with Crippen molar-refractivity contribution in [1.82, 2.24) is 0 Å². The molecule has 0 aromatic heterocycles. The maximum Gasteiger partial charge on any atom is 0.306 e. The van der Waals surface area contributed by atoms with E-state index >= 15 is 0 Å². The van der Waals surface area contributed by atoms with Crippen LogP contribution in [0.5, 0.6) is 0 Å². The van der Waals surface area contributed by atoms with Gasteiger partial charge in [-0.1, -0.05) is 244 Å². The summed E-state index contributed by atoms with van der Waals surface area (Å²) in [6, 6.07) is 0. The Hall–Kier alpha value is -1.36. The summed E-state index contributed by atoms with van der Waals surface area (Å²) >= 11 is 0. The van der Waals surface area contributed by atoms with Gasteiger partial charge in [0.05, 0.1) is 6.61 Å². The van der Waals surface area contributed by atoms with Gasteiger partial charge >= 0.3 is 11.9 Å². The number of hydrogen-bond acceptors (Lipinski definition) is 5. The van der Waals surface area contributed by atoms with Gasteiger partial charge in [-0.25, -0.2) is 0 Å². The van der Waals surface area contributed by atoms with Crippen LogP contribution in [0.2, 0.25) is 0 Å². The standard InChI is InChI=1S/C51H98O5/c1-3-5-7-9-11-13-15-17-19-21-23-25-27-29-31-33-35-37-39-41-43-45-50(53)55-48-49(47-52)56-51(54)46-44-42-40-38-36-34-32-30-28-26-24-22-20-18-16-14-12-10-8-6-4-2/h17,19,49,52H,3-16,18,20-48H2,1-2H3/b19-17-/t49-/m0/s1. The fourth-order valence-corrected chi connectivity index (χ4v) is 7.73. The Labute approximate surface area is 350 Å². The van der Waals surface area contributed by atoms with Crippen LogP contribution >= 0.6 is 0 Å². The average Bonchev–Trinajstić information content (AvgIpc) is 3.20. The lowest BCUT2D eigenvalue weighted by molar-refractivity contribution is -0.161. The number of carbonyl (C=O) groups is 2. The molecule has 56 heavy (non-hydrogen) atoms. The quantitative estimate of drug-likeness (QED) is 0.0378. The van der Waals surface area contributed by atoms with Crippen molar-refractivity contribution in [3.05, 3.63) is 12.2 Å². The van der Waals surface area contributed by atoms with Crippen molar-refractivity contribution in [2.24, 2.45) is 0 Å². The van der Waals surface area contributed by atoms with Gasteiger partial charge in [-0.05, 0) is 38.5 Å². The summed E-state index contributed by atoms with van der Waals surface area (Å²) in [6.07, 6.45) is 57.3. The van der Waals surface area contributed by atoms with E-state index in [9.17, 15) is 14.7 Å². The van der Waals surface area contributed by atoms with E-state index in [0.717, 1.165) is 38.5 Å². The zero-order valence-corrected chi connectivity index (χ0v) is 37.9. The van der Waals surface area contributed by atoms with E-state index in [0.29, 0.717) is 12.8 Å². The average molecular weight is 791 g/mol. The van der Waals surface area contributed by atoms with Crippen LogP contribution in [0.4, 0.5) is 0 Å². The van der Waals surface area contributed by atoms with Gasteiger partial charge in [-0.2, -0.15) is 0 Å². The highest BCUT2D eigenvalue weighted by molar-refractivity contribution is 5.70. The molecule has 0 saturated heterocycles. The maximum atomic E-state index is 12.3. The molecule has 0 aliphatic heterocycles. The Morgan fingerprint density at radius 1 is 0.393 bits per heavy atom. The molecule has 0 spiro atoms. The number of allylic oxidation sites excluding steroid dienone is 2. The predicted molar refractivity (Wildman–Crippen MR) is 242 cm³/mol. The highest BCUT2D eigenvalue weighted by Crippen LogP contribution is 2.17. The summed E-state index contributed by atoms with van der Waals surface area (Å²) in [6.45, 7) is 4.18. The first kappa shape index (κ1) is 54.6. The smallest absolute Gasteiger partial charge is 0.306 e. The first-order chi connectivity index (χ1) is 27.6. The highest BCUT2D eigenvalue weighted by Gasteiger charge is 2.16. The molecule has 332 valence electrons. The van der Waals surface area contributed by atoms with Gasteiger partial charge in [0.1, 0.15) is 6.61 Å². The molecule has 0 heterocycles. The van der Waals surface area contributed by atoms with Crippen molar-refractivity contribution in [3.63, 3.8) is 0 Å². The Morgan fingerprint density at radius 2 is 0.661 bits per heavy atom. The molecule has 0 unspecified atom stereocenters. The van der Waals surface area contributed by atoms with Crippen molar-refractivity contribution >= 4 is 11.9 Å². The van der Waals surface area contributed by atoms with Crippen LogP contribution in [0.15, 0.2) is 12.2 Å². The maximum absolute atomic E-state index is 12.3. The number of rotatable bonds is 47. The number of aliphatic hydroxyl groups is 1. The molecule has 0 fully saturated rings. The minimum Gasteiger partial charge on any atom is -0.462 e. The first-order valence-electron chi connectivity index (χ1n) is 25.2. The summed E-state index contributed by atoms with van der Waals surface area (Å²) in [5.74, 6) is -0.572. The zero-order chi connectivity index (χ0) is 40.7. The Bertz CT molecular complexity index is 810.